The minimum Gasteiger partial charge on any atom is -0.378 e. The van der Waals surface area contributed by atoms with Crippen LogP contribution in [0.2, 0.25) is 10.0 Å². The molecule has 0 radical (unpaired) electrons. The summed E-state index contributed by atoms with van der Waals surface area (Å²) in [6, 6.07) is 29.1. The quantitative estimate of drug-likeness (QED) is 0.0181. The van der Waals surface area contributed by atoms with Crippen LogP contribution in [-0.4, -0.2) is 58.5 Å². The lowest BCUT2D eigenvalue weighted by Crippen LogP contribution is -2.43. The number of nitrogens with one attached hydrogen (secondary N) is 2. The standard InChI is InChI=1S/C63H80Cl2N4O7S/c1-3-5-7-9-11-13-15-17-19-24-39-66-58(70)52-33-28-49(29-34-52)44-68(45-51-32-37-55(64)56(65)42-51)60(72)62(74)76-63(75)61(73)69(57(54-38-41-77-47-54)43-48-26-22-21-23-27-48)46-50-30-35-53(36-31-50)59(71)67-40-25-20-18-16-14-12-10-8-6-4-2/h21-23,26-38,41-42,47,57H,3-20,24-25,39-40,43-46H2,1-2H3,(H,66,70)(H,67,71). The molecule has 0 fully saturated rings. The van der Waals surface area contributed by atoms with Crippen LogP contribution in [-0.2, 0) is 50.0 Å². The van der Waals surface area contributed by atoms with Crippen molar-refractivity contribution in [3.8, 4) is 0 Å². The number of benzene rings is 4. The maximum absolute atomic E-state index is 14.5. The molecule has 1 unspecified atom stereocenters. The summed E-state index contributed by atoms with van der Waals surface area (Å²) in [5, 5.41) is 10.3. The van der Waals surface area contributed by atoms with E-state index in [0.29, 0.717) is 52.4 Å². The summed E-state index contributed by atoms with van der Waals surface area (Å²) in [5.74, 6) is -5.79. The first-order chi connectivity index (χ1) is 37.5. The third-order valence-corrected chi connectivity index (χ3v) is 15.2. The lowest BCUT2D eigenvalue weighted by Gasteiger charge is -2.31. The lowest BCUT2D eigenvalue weighted by atomic mass is 9.98. The second kappa shape index (κ2) is 35.6. The first-order valence-corrected chi connectivity index (χ1v) is 29.8. The third kappa shape index (κ3) is 22.6. The number of thiophene rings is 1. The summed E-state index contributed by atoms with van der Waals surface area (Å²) in [6.45, 7) is 5.26. The molecule has 414 valence electrons. The van der Waals surface area contributed by atoms with Gasteiger partial charge in [-0.1, -0.05) is 213 Å². The zero-order chi connectivity index (χ0) is 55.0. The van der Waals surface area contributed by atoms with E-state index < -0.39 is 29.8 Å². The predicted octanol–water partition coefficient (Wildman–Crippen LogP) is 15.0. The van der Waals surface area contributed by atoms with E-state index in [0.717, 1.165) is 49.7 Å². The van der Waals surface area contributed by atoms with E-state index in [9.17, 15) is 28.8 Å². The number of halogens is 2. The molecule has 0 spiro atoms. The molecule has 4 aromatic carbocycles. The monoisotopic (exact) mass is 1110 g/mol. The van der Waals surface area contributed by atoms with Gasteiger partial charge in [0.05, 0.1) is 16.1 Å². The number of amides is 4. The Hall–Kier alpha value is -5.82. The van der Waals surface area contributed by atoms with Crippen molar-refractivity contribution in [3.63, 3.8) is 0 Å². The molecule has 77 heavy (non-hydrogen) atoms. The van der Waals surface area contributed by atoms with Crippen molar-refractivity contribution in [2.45, 2.75) is 174 Å². The molecule has 0 aliphatic rings. The molecular weight excluding hydrogens is 1030 g/mol. The van der Waals surface area contributed by atoms with E-state index in [1.807, 2.05) is 47.2 Å². The Balaban J connectivity index is 1.24. The van der Waals surface area contributed by atoms with E-state index in [2.05, 4.69) is 24.5 Å². The maximum atomic E-state index is 14.5. The topological polar surface area (TPSA) is 142 Å². The van der Waals surface area contributed by atoms with Gasteiger partial charge in [0.15, 0.2) is 0 Å². The summed E-state index contributed by atoms with van der Waals surface area (Å²) in [4.78, 5) is 85.2. The van der Waals surface area contributed by atoms with Gasteiger partial charge >= 0.3 is 23.8 Å². The zero-order valence-corrected chi connectivity index (χ0v) is 47.7. The average molecular weight is 1110 g/mol. The minimum absolute atomic E-state index is 0.0826. The fourth-order valence-electron chi connectivity index (χ4n) is 9.28. The molecule has 0 aliphatic carbocycles. The van der Waals surface area contributed by atoms with E-state index >= 15 is 0 Å². The van der Waals surface area contributed by atoms with E-state index in [1.54, 1.807) is 66.7 Å². The first kappa shape index (κ1) is 62.0. The molecule has 0 bridgehead atoms. The van der Waals surface area contributed by atoms with Crippen LogP contribution in [0.5, 0.6) is 0 Å². The molecule has 1 atom stereocenters. The second-order valence-corrected chi connectivity index (χ2v) is 21.6. The highest BCUT2D eigenvalue weighted by Gasteiger charge is 2.35. The van der Waals surface area contributed by atoms with Gasteiger partial charge in [-0.15, -0.1) is 0 Å². The number of carbonyl (C=O) groups is 6. The molecule has 0 saturated carbocycles. The van der Waals surface area contributed by atoms with Crippen LogP contribution in [0.1, 0.15) is 197 Å². The van der Waals surface area contributed by atoms with Gasteiger partial charge in [-0.3, -0.25) is 19.2 Å². The maximum Gasteiger partial charge on any atom is 0.405 e. The van der Waals surface area contributed by atoms with Crippen LogP contribution in [0.3, 0.4) is 0 Å². The Kier molecular flexibility index (Phi) is 28.6. The molecule has 0 saturated heterocycles. The molecule has 2 N–H and O–H groups in total. The molecule has 1 heterocycles. The SMILES string of the molecule is CCCCCCCCCCCCNC(=O)c1ccc(CN(Cc2ccc(Cl)c(Cl)c2)C(=O)C(=O)OC(=O)C(=O)N(Cc2ccc(C(=O)NCCCCCCCCCCCC)cc2)C(Cc2ccccc2)c2ccsc2)cc1. The predicted molar refractivity (Wildman–Crippen MR) is 311 cm³/mol. The van der Waals surface area contributed by atoms with Crippen molar-refractivity contribution >= 4 is 70.1 Å². The molecule has 1 aromatic heterocycles. The highest BCUT2D eigenvalue weighted by atomic mass is 35.5. The first-order valence-electron chi connectivity index (χ1n) is 28.1. The zero-order valence-electron chi connectivity index (χ0n) is 45.3. The number of nitrogens with zero attached hydrogens (tertiary/aromatic N) is 2. The Morgan fingerprint density at radius 3 is 1.43 bits per heavy atom. The third-order valence-electron chi connectivity index (χ3n) is 13.8. The summed E-state index contributed by atoms with van der Waals surface area (Å²) >= 11 is 14.0. The van der Waals surface area contributed by atoms with Crippen LogP contribution >= 0.6 is 34.5 Å². The molecule has 14 heteroatoms. The van der Waals surface area contributed by atoms with Crippen molar-refractivity contribution in [3.05, 3.63) is 163 Å². The molecule has 5 rings (SSSR count). The number of carbonyl (C=O) groups excluding carboxylic acids is 6. The number of hydrogen-bond donors (Lipinski definition) is 2. The fraction of sp³-hybridized carbons (Fsp3) is 0.460. The molecule has 5 aromatic rings. The van der Waals surface area contributed by atoms with Crippen LogP contribution < -0.4 is 10.6 Å². The summed E-state index contributed by atoms with van der Waals surface area (Å²) in [7, 11) is 0. The van der Waals surface area contributed by atoms with E-state index in [-0.39, 0.29) is 36.5 Å². The Labute approximate surface area is 471 Å². The summed E-state index contributed by atoms with van der Waals surface area (Å²) in [5.41, 5.74) is 4.31. The van der Waals surface area contributed by atoms with Gasteiger partial charge in [-0.25, -0.2) is 9.59 Å². The van der Waals surface area contributed by atoms with Gasteiger partial charge in [0.1, 0.15) is 0 Å². The average Bonchev–Trinajstić information content (AvgIpc) is 3.99. The summed E-state index contributed by atoms with van der Waals surface area (Å²) in [6.07, 6.45) is 24.4. The Morgan fingerprint density at radius 2 is 0.948 bits per heavy atom. The highest BCUT2D eigenvalue weighted by molar-refractivity contribution is 7.08. The largest absolute Gasteiger partial charge is 0.405 e. The second-order valence-electron chi connectivity index (χ2n) is 20.1. The minimum atomic E-state index is -1.55. The molecule has 4 amide bonds. The normalized spacial score (nSPS) is 11.4. The van der Waals surface area contributed by atoms with Crippen LogP contribution in [0.4, 0.5) is 0 Å². The van der Waals surface area contributed by atoms with Crippen molar-refractivity contribution < 1.29 is 33.5 Å². The highest BCUT2D eigenvalue weighted by Crippen LogP contribution is 2.30. The Morgan fingerprint density at radius 1 is 0.494 bits per heavy atom. The smallest absolute Gasteiger partial charge is 0.378 e. The van der Waals surface area contributed by atoms with E-state index in [4.69, 9.17) is 27.9 Å². The van der Waals surface area contributed by atoms with Crippen molar-refractivity contribution in [1.82, 2.24) is 20.4 Å². The lowest BCUT2D eigenvalue weighted by molar-refractivity contribution is -0.174. The van der Waals surface area contributed by atoms with Gasteiger partial charge in [0.25, 0.3) is 11.8 Å². The molecule has 0 aliphatic heterocycles. The molecule has 11 nitrogen and oxygen atoms in total. The van der Waals surface area contributed by atoms with Crippen molar-refractivity contribution in [2.75, 3.05) is 13.1 Å². The van der Waals surface area contributed by atoms with Crippen LogP contribution in [0, 0.1) is 0 Å². The Bertz CT molecular complexity index is 2560. The number of ether oxygens (including phenoxy) is 1. The van der Waals surface area contributed by atoms with Crippen molar-refractivity contribution in [2.24, 2.45) is 0 Å². The van der Waals surface area contributed by atoms with Crippen molar-refractivity contribution in [1.29, 1.82) is 0 Å². The number of hydrogen-bond acceptors (Lipinski definition) is 8. The van der Waals surface area contributed by atoms with Crippen LogP contribution in [0.25, 0.3) is 0 Å². The summed E-state index contributed by atoms with van der Waals surface area (Å²) < 4.78 is 5.18. The van der Waals surface area contributed by atoms with Gasteiger partial charge in [-0.05, 0) is 100 Å². The van der Waals surface area contributed by atoms with Gasteiger partial charge in [0.2, 0.25) is 0 Å². The number of esters is 2. The van der Waals surface area contributed by atoms with Gasteiger partial charge in [0, 0.05) is 43.9 Å². The number of rotatable bonds is 34. The number of unbranched alkanes of at least 4 members (excludes halogenated alkanes) is 18. The van der Waals surface area contributed by atoms with Gasteiger partial charge in [-0.2, -0.15) is 11.3 Å². The van der Waals surface area contributed by atoms with Gasteiger partial charge < -0.3 is 25.2 Å². The fourth-order valence-corrected chi connectivity index (χ4v) is 10.3. The molecular formula is C63H80Cl2N4O7S. The van der Waals surface area contributed by atoms with Crippen LogP contribution in [0.15, 0.2) is 114 Å². The van der Waals surface area contributed by atoms with E-state index in [1.165, 1.54) is 111 Å².